The van der Waals surface area contributed by atoms with Crippen molar-refractivity contribution in [2.75, 3.05) is 19.6 Å². The first-order chi connectivity index (χ1) is 9.51. The monoisotopic (exact) mass is 280 g/mol. The quantitative estimate of drug-likeness (QED) is 0.748. The number of aryl methyl sites for hydroxylation is 1. The molecule has 2 N–H and O–H groups in total. The van der Waals surface area contributed by atoms with Crippen LogP contribution >= 0.6 is 0 Å². The Hall–Kier alpha value is -1.89. The van der Waals surface area contributed by atoms with E-state index >= 15 is 0 Å². The predicted octanol–water partition coefficient (Wildman–Crippen LogP) is -0.945. The van der Waals surface area contributed by atoms with Crippen LogP contribution in [0.4, 0.5) is 0 Å². The maximum Gasteiger partial charge on any atom is 0.328 e. The Morgan fingerprint density at radius 1 is 1.45 bits per heavy atom. The van der Waals surface area contributed by atoms with Gasteiger partial charge in [0.25, 0.3) is 5.56 Å². The molecule has 1 aromatic heterocycles. The van der Waals surface area contributed by atoms with E-state index in [1.807, 2.05) is 0 Å². The van der Waals surface area contributed by atoms with Gasteiger partial charge < -0.3 is 10.2 Å². The second kappa shape index (κ2) is 6.04. The first-order valence-corrected chi connectivity index (χ1v) is 6.82. The third kappa shape index (κ3) is 3.16. The maximum atomic E-state index is 12.2. The van der Waals surface area contributed by atoms with E-state index in [1.165, 1.54) is 10.8 Å². The van der Waals surface area contributed by atoms with E-state index in [9.17, 15) is 14.4 Å². The van der Waals surface area contributed by atoms with Crippen LogP contribution in [0.5, 0.6) is 0 Å². The normalized spacial score (nSPS) is 19.1. The number of aromatic amines is 1. The standard InChI is InChI=1S/C13H20N4O3/c1-3-10-7-16(5-4-14-10)11(18)8-17-6-9(2)12(19)15-13(17)20/h6,10,14H,3-5,7-8H2,1-2H3,(H,15,19,20)/t10-/m0/s1. The zero-order valence-corrected chi connectivity index (χ0v) is 11.8. The third-order valence-electron chi connectivity index (χ3n) is 3.60. The van der Waals surface area contributed by atoms with Crippen molar-refractivity contribution in [3.05, 3.63) is 32.6 Å². The number of rotatable bonds is 3. The van der Waals surface area contributed by atoms with Gasteiger partial charge in [-0.05, 0) is 13.3 Å². The van der Waals surface area contributed by atoms with Gasteiger partial charge >= 0.3 is 5.69 Å². The van der Waals surface area contributed by atoms with Crippen LogP contribution in [0.3, 0.4) is 0 Å². The van der Waals surface area contributed by atoms with Crippen LogP contribution in [0, 0.1) is 6.92 Å². The Morgan fingerprint density at radius 2 is 2.20 bits per heavy atom. The number of nitrogens with zero attached hydrogens (tertiary/aromatic N) is 2. The predicted molar refractivity (Wildman–Crippen MR) is 74.7 cm³/mol. The molecule has 0 radical (unpaired) electrons. The van der Waals surface area contributed by atoms with Crippen molar-refractivity contribution in [3.8, 4) is 0 Å². The van der Waals surface area contributed by atoms with Crippen molar-refractivity contribution in [1.29, 1.82) is 0 Å². The largest absolute Gasteiger partial charge is 0.338 e. The summed E-state index contributed by atoms with van der Waals surface area (Å²) >= 11 is 0. The van der Waals surface area contributed by atoms with Gasteiger partial charge in [-0.2, -0.15) is 0 Å². The average Bonchev–Trinajstić information content (AvgIpc) is 2.44. The van der Waals surface area contributed by atoms with Crippen molar-refractivity contribution in [3.63, 3.8) is 0 Å². The highest BCUT2D eigenvalue weighted by molar-refractivity contribution is 5.76. The summed E-state index contributed by atoms with van der Waals surface area (Å²) in [5.74, 6) is -0.0986. The summed E-state index contributed by atoms with van der Waals surface area (Å²) in [6, 6.07) is 0.307. The van der Waals surface area contributed by atoms with E-state index < -0.39 is 11.2 Å². The zero-order chi connectivity index (χ0) is 14.7. The van der Waals surface area contributed by atoms with Gasteiger partial charge in [0.2, 0.25) is 5.91 Å². The van der Waals surface area contributed by atoms with Crippen molar-refractivity contribution in [2.24, 2.45) is 0 Å². The van der Waals surface area contributed by atoms with E-state index in [-0.39, 0.29) is 12.5 Å². The highest BCUT2D eigenvalue weighted by Gasteiger charge is 2.22. The third-order valence-corrected chi connectivity index (χ3v) is 3.60. The fraction of sp³-hybridized carbons (Fsp3) is 0.615. The molecule has 0 unspecified atom stereocenters. The lowest BCUT2D eigenvalue weighted by molar-refractivity contribution is -0.133. The first-order valence-electron chi connectivity index (χ1n) is 6.82. The van der Waals surface area contributed by atoms with Crippen molar-refractivity contribution >= 4 is 5.91 Å². The number of H-pyrrole nitrogens is 1. The molecular weight excluding hydrogens is 260 g/mol. The number of amides is 1. The molecule has 1 amide bonds. The summed E-state index contributed by atoms with van der Waals surface area (Å²) in [6.45, 7) is 5.72. The molecule has 7 nitrogen and oxygen atoms in total. The Kier molecular flexibility index (Phi) is 4.39. The minimum Gasteiger partial charge on any atom is -0.338 e. The van der Waals surface area contributed by atoms with E-state index in [0.717, 1.165) is 13.0 Å². The Balaban J connectivity index is 2.10. The Labute approximate surface area is 116 Å². The van der Waals surface area contributed by atoms with Crippen LogP contribution in [-0.2, 0) is 11.3 Å². The molecule has 110 valence electrons. The van der Waals surface area contributed by atoms with Crippen molar-refractivity contribution in [1.82, 2.24) is 19.8 Å². The molecule has 0 spiro atoms. The lowest BCUT2D eigenvalue weighted by Crippen LogP contribution is -2.53. The number of carbonyl (C=O) groups excluding carboxylic acids is 1. The van der Waals surface area contributed by atoms with Crippen LogP contribution in [0.25, 0.3) is 0 Å². The second-order valence-corrected chi connectivity index (χ2v) is 5.10. The SMILES string of the molecule is CC[C@H]1CN(C(=O)Cn2cc(C)c(=O)[nH]c2=O)CCN1. The number of piperazine rings is 1. The summed E-state index contributed by atoms with van der Waals surface area (Å²) in [5.41, 5.74) is -0.535. The molecule has 20 heavy (non-hydrogen) atoms. The number of hydrogen-bond acceptors (Lipinski definition) is 4. The van der Waals surface area contributed by atoms with E-state index in [4.69, 9.17) is 0 Å². The highest BCUT2D eigenvalue weighted by Crippen LogP contribution is 2.03. The first kappa shape index (κ1) is 14.5. The molecule has 0 aliphatic carbocycles. The summed E-state index contributed by atoms with van der Waals surface area (Å²) in [7, 11) is 0. The minimum atomic E-state index is -0.545. The molecule has 1 aromatic rings. The molecule has 2 heterocycles. The maximum absolute atomic E-state index is 12.2. The molecule has 1 fully saturated rings. The summed E-state index contributed by atoms with van der Waals surface area (Å²) in [6.07, 6.45) is 2.39. The molecule has 0 saturated carbocycles. The minimum absolute atomic E-state index is 0.0348. The molecule has 0 bridgehead atoms. The van der Waals surface area contributed by atoms with Gasteiger partial charge in [0.05, 0.1) is 0 Å². The van der Waals surface area contributed by atoms with E-state index in [1.54, 1.807) is 11.8 Å². The van der Waals surface area contributed by atoms with Gasteiger partial charge in [0, 0.05) is 37.4 Å². The van der Waals surface area contributed by atoms with Gasteiger partial charge in [0.15, 0.2) is 0 Å². The van der Waals surface area contributed by atoms with Crippen molar-refractivity contribution < 1.29 is 4.79 Å². The van der Waals surface area contributed by atoms with Gasteiger partial charge in [0.1, 0.15) is 6.54 Å². The molecular formula is C13H20N4O3. The lowest BCUT2D eigenvalue weighted by Gasteiger charge is -2.33. The molecule has 1 aliphatic heterocycles. The van der Waals surface area contributed by atoms with Gasteiger partial charge in [-0.25, -0.2) is 4.79 Å². The summed E-state index contributed by atoms with van der Waals surface area (Å²) in [5, 5.41) is 3.34. The van der Waals surface area contributed by atoms with E-state index in [2.05, 4.69) is 17.2 Å². The second-order valence-electron chi connectivity index (χ2n) is 5.10. The molecule has 1 saturated heterocycles. The van der Waals surface area contributed by atoms with Crippen LogP contribution < -0.4 is 16.6 Å². The number of aromatic nitrogens is 2. The number of carbonyl (C=O) groups is 1. The van der Waals surface area contributed by atoms with Crippen LogP contribution in [-0.4, -0.2) is 46.0 Å². The van der Waals surface area contributed by atoms with Gasteiger partial charge in [-0.1, -0.05) is 6.92 Å². The van der Waals surface area contributed by atoms with Crippen LogP contribution in [0.2, 0.25) is 0 Å². The van der Waals surface area contributed by atoms with Gasteiger partial charge in [-0.15, -0.1) is 0 Å². The molecule has 7 heteroatoms. The average molecular weight is 280 g/mol. The Bertz CT molecular complexity index is 604. The van der Waals surface area contributed by atoms with Crippen LogP contribution in [0.15, 0.2) is 15.8 Å². The molecule has 1 aliphatic rings. The lowest BCUT2D eigenvalue weighted by atomic mass is 10.1. The topological polar surface area (TPSA) is 87.2 Å². The number of hydrogen-bond donors (Lipinski definition) is 2. The van der Waals surface area contributed by atoms with Crippen LogP contribution in [0.1, 0.15) is 18.9 Å². The Morgan fingerprint density at radius 3 is 2.90 bits per heavy atom. The molecule has 0 aromatic carbocycles. The summed E-state index contributed by atoms with van der Waals surface area (Å²) in [4.78, 5) is 39.1. The highest BCUT2D eigenvalue weighted by atomic mass is 16.2. The molecule has 2 rings (SSSR count). The number of nitrogens with one attached hydrogen (secondary N) is 2. The summed E-state index contributed by atoms with van der Waals surface area (Å²) < 4.78 is 1.25. The molecule has 1 atom stereocenters. The fourth-order valence-corrected chi connectivity index (χ4v) is 2.31. The fourth-order valence-electron chi connectivity index (χ4n) is 2.31. The smallest absolute Gasteiger partial charge is 0.328 e. The van der Waals surface area contributed by atoms with E-state index in [0.29, 0.717) is 24.7 Å². The van der Waals surface area contributed by atoms with Crippen molar-refractivity contribution in [2.45, 2.75) is 32.9 Å². The van der Waals surface area contributed by atoms with Gasteiger partial charge in [-0.3, -0.25) is 19.1 Å². The zero-order valence-electron chi connectivity index (χ0n) is 11.8.